The van der Waals surface area contributed by atoms with Crippen LogP contribution in [0.5, 0.6) is 0 Å². The van der Waals surface area contributed by atoms with Gasteiger partial charge in [0.15, 0.2) is 0 Å². The van der Waals surface area contributed by atoms with Gasteiger partial charge in [0.25, 0.3) is 0 Å². The number of halogens is 1. The van der Waals surface area contributed by atoms with Crippen molar-refractivity contribution in [1.29, 1.82) is 0 Å². The van der Waals surface area contributed by atoms with E-state index in [9.17, 15) is 12.8 Å². The molecule has 1 aliphatic rings. The summed E-state index contributed by atoms with van der Waals surface area (Å²) in [5.41, 5.74) is 5.16. The molecule has 0 unspecified atom stereocenters. The van der Waals surface area contributed by atoms with Crippen LogP contribution in [0.4, 0.5) is 10.1 Å². The van der Waals surface area contributed by atoms with Gasteiger partial charge >= 0.3 is 0 Å². The monoisotopic (exact) mass is 286 g/mol. The molecule has 0 saturated heterocycles. The maximum absolute atomic E-state index is 13.3. The zero-order valence-corrected chi connectivity index (χ0v) is 11.5. The molecule has 1 aromatic rings. The molecule has 0 radical (unpaired) electrons. The summed E-state index contributed by atoms with van der Waals surface area (Å²) in [5, 5.41) is 0. The van der Waals surface area contributed by atoms with Gasteiger partial charge in [-0.3, -0.25) is 0 Å². The molecule has 0 amide bonds. The summed E-state index contributed by atoms with van der Waals surface area (Å²) in [6.45, 7) is 0.401. The fourth-order valence-corrected chi connectivity index (χ4v) is 3.70. The van der Waals surface area contributed by atoms with E-state index in [0.717, 1.165) is 31.7 Å². The van der Waals surface area contributed by atoms with Crippen molar-refractivity contribution in [1.82, 2.24) is 4.72 Å². The molecule has 0 aromatic heterocycles. The highest BCUT2D eigenvalue weighted by Gasteiger charge is 2.21. The molecule has 0 bridgehead atoms. The molecular formula is C13H19FN2O2S. The smallest absolute Gasteiger partial charge is 0.242 e. The SMILES string of the molecule is Nc1c(F)cccc1S(=O)(=O)NCC1CCCCC1. The topological polar surface area (TPSA) is 72.2 Å². The van der Waals surface area contributed by atoms with E-state index < -0.39 is 15.8 Å². The predicted molar refractivity (Wildman–Crippen MR) is 72.6 cm³/mol. The number of benzene rings is 1. The van der Waals surface area contributed by atoms with Crippen LogP contribution in [0, 0.1) is 11.7 Å². The van der Waals surface area contributed by atoms with Crippen molar-refractivity contribution in [2.75, 3.05) is 12.3 Å². The van der Waals surface area contributed by atoms with Crippen LogP contribution < -0.4 is 10.5 Å². The molecule has 0 atom stereocenters. The van der Waals surface area contributed by atoms with Crippen LogP contribution in [0.2, 0.25) is 0 Å². The summed E-state index contributed by atoms with van der Waals surface area (Å²) >= 11 is 0. The zero-order chi connectivity index (χ0) is 13.9. The van der Waals surface area contributed by atoms with Crippen molar-refractivity contribution in [3.63, 3.8) is 0 Å². The highest BCUT2D eigenvalue weighted by Crippen LogP contribution is 2.24. The lowest BCUT2D eigenvalue weighted by Crippen LogP contribution is -2.31. The lowest BCUT2D eigenvalue weighted by atomic mass is 9.90. The van der Waals surface area contributed by atoms with Crippen molar-refractivity contribution < 1.29 is 12.8 Å². The lowest BCUT2D eigenvalue weighted by Gasteiger charge is -2.21. The van der Waals surface area contributed by atoms with Crippen molar-refractivity contribution in [2.24, 2.45) is 5.92 Å². The first-order valence-electron chi connectivity index (χ1n) is 6.54. The van der Waals surface area contributed by atoms with E-state index in [1.54, 1.807) is 0 Å². The highest BCUT2D eigenvalue weighted by atomic mass is 32.2. The van der Waals surface area contributed by atoms with E-state index in [4.69, 9.17) is 5.73 Å². The van der Waals surface area contributed by atoms with Crippen LogP contribution in [0.1, 0.15) is 32.1 Å². The van der Waals surface area contributed by atoms with Gasteiger partial charge < -0.3 is 5.73 Å². The number of nitrogen functional groups attached to an aromatic ring is 1. The maximum atomic E-state index is 13.3. The molecule has 1 aliphatic carbocycles. The zero-order valence-electron chi connectivity index (χ0n) is 10.7. The van der Waals surface area contributed by atoms with Crippen molar-refractivity contribution in [2.45, 2.75) is 37.0 Å². The summed E-state index contributed by atoms with van der Waals surface area (Å²) in [6.07, 6.45) is 5.60. The number of hydrogen-bond donors (Lipinski definition) is 2. The van der Waals surface area contributed by atoms with Gasteiger partial charge in [0.2, 0.25) is 10.0 Å². The third-order valence-corrected chi connectivity index (χ3v) is 5.07. The third-order valence-electron chi connectivity index (χ3n) is 3.59. The van der Waals surface area contributed by atoms with E-state index in [1.807, 2.05) is 0 Å². The summed E-state index contributed by atoms with van der Waals surface area (Å²) in [4.78, 5) is -0.177. The lowest BCUT2D eigenvalue weighted by molar-refractivity contribution is 0.357. The minimum absolute atomic E-state index is 0.177. The molecule has 3 N–H and O–H groups in total. The van der Waals surface area contributed by atoms with Crippen LogP contribution >= 0.6 is 0 Å². The number of sulfonamides is 1. The molecular weight excluding hydrogens is 267 g/mol. The first-order chi connectivity index (χ1) is 9.00. The molecule has 0 aliphatic heterocycles. The van der Waals surface area contributed by atoms with Crippen LogP contribution in [-0.4, -0.2) is 15.0 Å². The largest absolute Gasteiger partial charge is 0.395 e. The Morgan fingerprint density at radius 3 is 2.63 bits per heavy atom. The summed E-state index contributed by atoms with van der Waals surface area (Å²) in [6, 6.07) is 3.82. The standard InChI is InChI=1S/C13H19FN2O2S/c14-11-7-4-8-12(13(11)15)19(17,18)16-9-10-5-2-1-3-6-10/h4,7-8,10,16H,1-3,5-6,9,15H2. The number of anilines is 1. The van der Waals surface area contributed by atoms with Crippen molar-refractivity contribution in [3.05, 3.63) is 24.0 Å². The Morgan fingerprint density at radius 2 is 1.95 bits per heavy atom. The molecule has 4 nitrogen and oxygen atoms in total. The van der Waals surface area contributed by atoms with E-state index in [1.165, 1.54) is 18.6 Å². The first kappa shape index (κ1) is 14.3. The second-order valence-corrected chi connectivity index (χ2v) is 6.74. The quantitative estimate of drug-likeness (QED) is 0.834. The maximum Gasteiger partial charge on any atom is 0.242 e. The van der Waals surface area contributed by atoms with Gasteiger partial charge in [0.1, 0.15) is 10.7 Å². The molecule has 6 heteroatoms. The average molecular weight is 286 g/mol. The summed E-state index contributed by atoms with van der Waals surface area (Å²) < 4.78 is 40.0. The number of hydrogen-bond acceptors (Lipinski definition) is 3. The molecule has 2 rings (SSSR count). The molecule has 19 heavy (non-hydrogen) atoms. The van der Waals surface area contributed by atoms with Crippen LogP contribution in [0.25, 0.3) is 0 Å². The van der Waals surface area contributed by atoms with Gasteiger partial charge in [0, 0.05) is 6.54 Å². The van der Waals surface area contributed by atoms with E-state index in [2.05, 4.69) is 4.72 Å². The van der Waals surface area contributed by atoms with E-state index in [0.29, 0.717) is 12.5 Å². The van der Waals surface area contributed by atoms with Gasteiger partial charge in [-0.2, -0.15) is 0 Å². The third kappa shape index (κ3) is 3.45. The molecule has 1 saturated carbocycles. The Hall–Kier alpha value is -1.14. The first-order valence-corrected chi connectivity index (χ1v) is 8.02. The van der Waals surface area contributed by atoms with Gasteiger partial charge in [-0.1, -0.05) is 25.3 Å². The van der Waals surface area contributed by atoms with Gasteiger partial charge in [-0.25, -0.2) is 17.5 Å². The fourth-order valence-electron chi connectivity index (χ4n) is 2.45. The predicted octanol–water partition coefficient (Wildman–Crippen LogP) is 2.27. The molecule has 1 fully saturated rings. The normalized spacial score (nSPS) is 17.5. The summed E-state index contributed by atoms with van der Waals surface area (Å²) in [5.74, 6) is -0.334. The average Bonchev–Trinajstić information content (AvgIpc) is 2.41. The second-order valence-electron chi connectivity index (χ2n) is 5.01. The van der Waals surface area contributed by atoms with Gasteiger partial charge in [-0.15, -0.1) is 0 Å². The van der Waals surface area contributed by atoms with E-state index in [-0.39, 0.29) is 10.6 Å². The minimum atomic E-state index is -3.73. The van der Waals surface area contributed by atoms with Gasteiger partial charge in [-0.05, 0) is 30.9 Å². The summed E-state index contributed by atoms with van der Waals surface area (Å²) in [7, 11) is -3.73. The van der Waals surface area contributed by atoms with Crippen molar-refractivity contribution >= 4 is 15.7 Å². The molecule has 0 spiro atoms. The fraction of sp³-hybridized carbons (Fsp3) is 0.538. The number of rotatable bonds is 4. The second kappa shape index (κ2) is 5.88. The minimum Gasteiger partial charge on any atom is -0.395 e. The Balaban J connectivity index is 2.07. The van der Waals surface area contributed by atoms with Crippen molar-refractivity contribution in [3.8, 4) is 0 Å². The highest BCUT2D eigenvalue weighted by molar-refractivity contribution is 7.89. The molecule has 1 aromatic carbocycles. The Morgan fingerprint density at radius 1 is 1.26 bits per heavy atom. The van der Waals surface area contributed by atoms with Crippen LogP contribution in [-0.2, 0) is 10.0 Å². The van der Waals surface area contributed by atoms with Crippen LogP contribution in [0.3, 0.4) is 0 Å². The Bertz CT molecular complexity index is 540. The van der Waals surface area contributed by atoms with E-state index >= 15 is 0 Å². The number of para-hydroxylation sites is 1. The molecule has 0 heterocycles. The van der Waals surface area contributed by atoms with Crippen LogP contribution in [0.15, 0.2) is 23.1 Å². The number of nitrogens with one attached hydrogen (secondary N) is 1. The number of nitrogens with two attached hydrogens (primary N) is 1. The molecule has 106 valence electrons. The van der Waals surface area contributed by atoms with Gasteiger partial charge in [0.05, 0.1) is 5.69 Å². The Labute approximate surface area is 113 Å². The Kier molecular flexibility index (Phi) is 4.42.